The SMILES string of the molecule is COc1ccc(Nc2cc(C(=O)NC3C[C@H]4CC[C@@H](C3)N4c3ccc(C(C)=O)cn3)ccc2C(N)=O)cc1OCCN(C)C. The number of ketones is 1. The second-order valence-corrected chi connectivity index (χ2v) is 11.7. The number of nitrogens with zero attached hydrogens (tertiary/aromatic N) is 3. The molecule has 44 heavy (non-hydrogen) atoms. The summed E-state index contributed by atoms with van der Waals surface area (Å²) in [4.78, 5) is 46.3. The number of carbonyl (C=O) groups excluding carboxylic acids is 3. The monoisotopic (exact) mass is 600 g/mol. The molecule has 2 amide bonds. The quantitative estimate of drug-likeness (QED) is 0.263. The Bertz CT molecular complexity index is 1510. The van der Waals surface area contributed by atoms with Gasteiger partial charge >= 0.3 is 0 Å². The molecule has 2 aliphatic rings. The number of primary amides is 1. The summed E-state index contributed by atoms with van der Waals surface area (Å²) in [6, 6.07) is 14.5. The van der Waals surface area contributed by atoms with Crippen molar-refractivity contribution in [2.24, 2.45) is 5.73 Å². The van der Waals surface area contributed by atoms with Crippen LogP contribution in [0.1, 0.15) is 63.7 Å². The molecule has 2 saturated heterocycles. The number of nitrogens with one attached hydrogen (secondary N) is 2. The lowest BCUT2D eigenvalue weighted by Crippen LogP contribution is -2.50. The number of benzene rings is 2. The number of aromatic nitrogens is 1. The highest BCUT2D eigenvalue weighted by Gasteiger charge is 2.41. The van der Waals surface area contributed by atoms with E-state index in [4.69, 9.17) is 15.2 Å². The predicted octanol–water partition coefficient (Wildman–Crippen LogP) is 4.01. The van der Waals surface area contributed by atoms with Gasteiger partial charge in [0.2, 0.25) is 0 Å². The minimum absolute atomic E-state index is 0.00318. The highest BCUT2D eigenvalue weighted by Crippen LogP contribution is 2.39. The number of nitrogens with two attached hydrogens (primary N) is 1. The number of likely N-dealkylation sites (N-methyl/N-ethyl adjacent to an activating group) is 1. The molecule has 1 aromatic heterocycles. The molecule has 232 valence electrons. The van der Waals surface area contributed by atoms with Crippen LogP contribution in [0.5, 0.6) is 11.5 Å². The largest absolute Gasteiger partial charge is 0.493 e. The highest BCUT2D eigenvalue weighted by atomic mass is 16.5. The Morgan fingerprint density at radius 3 is 2.34 bits per heavy atom. The third-order valence-corrected chi connectivity index (χ3v) is 8.27. The number of anilines is 3. The molecule has 4 N–H and O–H groups in total. The van der Waals surface area contributed by atoms with E-state index in [-0.39, 0.29) is 35.4 Å². The zero-order valence-electron chi connectivity index (χ0n) is 25.6. The van der Waals surface area contributed by atoms with Crippen molar-refractivity contribution in [2.45, 2.75) is 50.7 Å². The first-order valence-corrected chi connectivity index (χ1v) is 14.9. The molecule has 5 rings (SSSR count). The van der Waals surface area contributed by atoms with E-state index in [2.05, 4.69) is 20.5 Å². The summed E-state index contributed by atoms with van der Waals surface area (Å²) in [6.07, 6.45) is 5.28. The summed E-state index contributed by atoms with van der Waals surface area (Å²) in [6.45, 7) is 2.74. The second kappa shape index (κ2) is 13.3. The van der Waals surface area contributed by atoms with E-state index in [1.165, 1.54) is 6.92 Å². The summed E-state index contributed by atoms with van der Waals surface area (Å²) < 4.78 is 11.4. The van der Waals surface area contributed by atoms with Crippen molar-refractivity contribution >= 4 is 34.8 Å². The molecule has 0 aliphatic carbocycles. The number of fused-ring (bicyclic) bond motifs is 2. The molecule has 11 heteroatoms. The average molecular weight is 601 g/mol. The van der Waals surface area contributed by atoms with Crippen molar-refractivity contribution in [2.75, 3.05) is 44.6 Å². The first-order chi connectivity index (χ1) is 21.1. The van der Waals surface area contributed by atoms with Gasteiger partial charge in [-0.2, -0.15) is 0 Å². The molecule has 2 aliphatic heterocycles. The molecule has 3 atom stereocenters. The molecule has 1 unspecified atom stereocenters. The van der Waals surface area contributed by atoms with Crippen LogP contribution in [0.3, 0.4) is 0 Å². The van der Waals surface area contributed by atoms with Gasteiger partial charge in [-0.05, 0) is 89.2 Å². The summed E-state index contributed by atoms with van der Waals surface area (Å²) in [5, 5.41) is 6.45. The van der Waals surface area contributed by atoms with Gasteiger partial charge in [-0.1, -0.05) is 0 Å². The zero-order chi connectivity index (χ0) is 31.4. The number of piperidine rings is 1. The first-order valence-electron chi connectivity index (χ1n) is 14.9. The number of hydrogen-bond donors (Lipinski definition) is 3. The fraction of sp³-hybridized carbons (Fsp3) is 0.394. The van der Waals surface area contributed by atoms with E-state index in [9.17, 15) is 14.4 Å². The number of amides is 2. The molecule has 0 saturated carbocycles. The molecule has 11 nitrogen and oxygen atoms in total. The van der Waals surface area contributed by atoms with Crippen LogP contribution in [0.15, 0.2) is 54.7 Å². The van der Waals surface area contributed by atoms with Gasteiger partial charge < -0.3 is 35.6 Å². The van der Waals surface area contributed by atoms with Gasteiger partial charge in [0, 0.05) is 53.7 Å². The number of hydrogen-bond acceptors (Lipinski definition) is 9. The molecule has 2 aromatic carbocycles. The van der Waals surface area contributed by atoms with Crippen molar-refractivity contribution in [3.63, 3.8) is 0 Å². The number of pyridine rings is 1. The van der Waals surface area contributed by atoms with E-state index in [0.29, 0.717) is 40.6 Å². The fourth-order valence-corrected chi connectivity index (χ4v) is 6.05. The van der Waals surface area contributed by atoms with Crippen LogP contribution in [0.4, 0.5) is 17.2 Å². The fourth-order valence-electron chi connectivity index (χ4n) is 6.05. The minimum atomic E-state index is -0.607. The number of ether oxygens (including phenoxy) is 2. The Labute approximate surface area is 257 Å². The van der Waals surface area contributed by atoms with Crippen LogP contribution in [-0.2, 0) is 0 Å². The molecular weight excluding hydrogens is 560 g/mol. The molecule has 2 bridgehead atoms. The van der Waals surface area contributed by atoms with E-state index in [1.54, 1.807) is 49.7 Å². The summed E-state index contributed by atoms with van der Waals surface area (Å²) in [5.74, 6) is 1.18. The lowest BCUT2D eigenvalue weighted by atomic mass is 9.96. The molecule has 3 heterocycles. The zero-order valence-corrected chi connectivity index (χ0v) is 25.6. The van der Waals surface area contributed by atoms with Gasteiger partial charge in [-0.25, -0.2) is 4.98 Å². The molecule has 0 radical (unpaired) electrons. The van der Waals surface area contributed by atoms with Crippen LogP contribution in [-0.4, -0.2) is 80.0 Å². The Hall–Kier alpha value is -4.64. The van der Waals surface area contributed by atoms with E-state index in [1.807, 2.05) is 31.1 Å². The van der Waals surface area contributed by atoms with E-state index in [0.717, 1.165) is 38.0 Å². The Kier molecular flexibility index (Phi) is 9.34. The van der Waals surface area contributed by atoms with Gasteiger partial charge in [0.1, 0.15) is 12.4 Å². The topological polar surface area (TPSA) is 139 Å². The molecular formula is C33H40N6O5. The van der Waals surface area contributed by atoms with Gasteiger partial charge in [0.15, 0.2) is 17.3 Å². The second-order valence-electron chi connectivity index (χ2n) is 11.7. The smallest absolute Gasteiger partial charge is 0.251 e. The van der Waals surface area contributed by atoms with Crippen LogP contribution in [0.25, 0.3) is 0 Å². The molecule has 2 fully saturated rings. The first kappa shape index (κ1) is 30.8. The summed E-state index contributed by atoms with van der Waals surface area (Å²) in [7, 11) is 5.51. The number of Topliss-reactive ketones (excluding diaryl/α,β-unsaturated/α-hetero) is 1. The predicted molar refractivity (Wildman–Crippen MR) is 169 cm³/mol. The lowest BCUT2D eigenvalue weighted by Gasteiger charge is -2.40. The highest BCUT2D eigenvalue weighted by molar-refractivity contribution is 6.02. The Balaban J connectivity index is 1.28. The molecule has 0 spiro atoms. The van der Waals surface area contributed by atoms with Gasteiger partial charge in [0.05, 0.1) is 18.4 Å². The van der Waals surface area contributed by atoms with Crippen molar-refractivity contribution in [3.8, 4) is 11.5 Å². The van der Waals surface area contributed by atoms with Crippen molar-refractivity contribution < 1.29 is 23.9 Å². The van der Waals surface area contributed by atoms with E-state index < -0.39 is 5.91 Å². The van der Waals surface area contributed by atoms with Crippen LogP contribution in [0, 0.1) is 0 Å². The number of methoxy groups -OCH3 is 1. The average Bonchev–Trinajstić information content (AvgIpc) is 3.26. The van der Waals surface area contributed by atoms with Gasteiger partial charge in [0.25, 0.3) is 11.8 Å². The Morgan fingerprint density at radius 1 is 1.00 bits per heavy atom. The molecule has 3 aromatic rings. The number of rotatable bonds is 12. The van der Waals surface area contributed by atoms with Crippen molar-refractivity contribution in [3.05, 3.63) is 71.4 Å². The summed E-state index contributed by atoms with van der Waals surface area (Å²) in [5.41, 5.74) is 8.04. The maximum Gasteiger partial charge on any atom is 0.251 e. The van der Waals surface area contributed by atoms with Crippen LogP contribution in [0.2, 0.25) is 0 Å². The third kappa shape index (κ3) is 6.94. The van der Waals surface area contributed by atoms with Gasteiger partial charge in [-0.15, -0.1) is 0 Å². The van der Waals surface area contributed by atoms with E-state index >= 15 is 0 Å². The van der Waals surface area contributed by atoms with Gasteiger partial charge in [-0.3, -0.25) is 14.4 Å². The van der Waals surface area contributed by atoms with Crippen molar-refractivity contribution in [1.29, 1.82) is 0 Å². The lowest BCUT2D eigenvalue weighted by molar-refractivity contribution is 0.0924. The van der Waals surface area contributed by atoms with Crippen molar-refractivity contribution in [1.82, 2.24) is 15.2 Å². The maximum absolute atomic E-state index is 13.4. The van der Waals surface area contributed by atoms with Crippen LogP contribution >= 0.6 is 0 Å². The Morgan fingerprint density at radius 2 is 1.73 bits per heavy atom. The van der Waals surface area contributed by atoms with Crippen LogP contribution < -0.4 is 30.7 Å². The standard InChI is InChI=1S/C33H40N6O5/c1-20(40)22-6-12-31(35-19-22)39-25-8-9-26(39)17-24(16-25)37-33(42)21-5-10-27(32(34)41)28(15-21)36-23-7-11-29(43-4)30(18-23)44-14-13-38(2)3/h5-7,10-12,15,18-19,24-26,36H,8-9,13-14,16-17H2,1-4H3,(H2,34,41)(H,37,42)/t24?,25-,26+. The normalized spacial score (nSPS) is 19.0. The third-order valence-electron chi connectivity index (χ3n) is 8.27. The minimum Gasteiger partial charge on any atom is -0.493 e. The maximum atomic E-state index is 13.4. The summed E-state index contributed by atoms with van der Waals surface area (Å²) >= 11 is 0. The number of carbonyl (C=O) groups is 3.